The van der Waals surface area contributed by atoms with Gasteiger partial charge in [0.1, 0.15) is 17.3 Å². The van der Waals surface area contributed by atoms with Gasteiger partial charge in [0, 0.05) is 5.56 Å². The molecule has 0 aliphatic carbocycles. The molecule has 0 N–H and O–H groups in total. The van der Waals surface area contributed by atoms with E-state index in [-0.39, 0.29) is 5.78 Å². The van der Waals surface area contributed by atoms with Crippen LogP contribution in [-0.2, 0) is 0 Å². The van der Waals surface area contributed by atoms with Gasteiger partial charge in [0.2, 0.25) is 0 Å². The molecule has 0 radical (unpaired) electrons. The Bertz CT molecular complexity index is 581. The minimum atomic E-state index is -0.0312. The monoisotopic (exact) mass is 258 g/mol. The largest absolute Gasteiger partial charge is 0.494 e. The Morgan fingerprint density at radius 3 is 2.68 bits per heavy atom. The highest BCUT2D eigenvalue weighted by molar-refractivity contribution is 6.09. The first-order chi connectivity index (χ1) is 9.11. The maximum Gasteiger partial charge on any atom is 0.196 e. The van der Waals surface area contributed by atoms with E-state index in [2.05, 4.69) is 0 Å². The second-order valence-corrected chi connectivity index (χ2v) is 4.53. The number of hydrogen-bond acceptors (Lipinski definition) is 3. The van der Waals surface area contributed by atoms with Gasteiger partial charge in [0.05, 0.1) is 12.2 Å². The first kappa shape index (κ1) is 13.4. The minimum absolute atomic E-state index is 0.0312. The Morgan fingerprint density at radius 1 is 1.26 bits per heavy atom. The summed E-state index contributed by atoms with van der Waals surface area (Å²) in [6.07, 6.45) is 0.943. The summed E-state index contributed by atoms with van der Waals surface area (Å²) in [6, 6.07) is 9.04. The molecule has 0 atom stereocenters. The van der Waals surface area contributed by atoms with E-state index in [1.165, 1.54) is 0 Å². The van der Waals surface area contributed by atoms with E-state index in [4.69, 9.17) is 9.15 Å². The van der Waals surface area contributed by atoms with Crippen LogP contribution in [0.1, 0.15) is 40.8 Å². The van der Waals surface area contributed by atoms with Crippen molar-refractivity contribution in [2.45, 2.75) is 27.2 Å². The van der Waals surface area contributed by atoms with Crippen LogP contribution in [0.15, 0.2) is 34.7 Å². The van der Waals surface area contributed by atoms with Crippen LogP contribution < -0.4 is 4.74 Å². The molecule has 19 heavy (non-hydrogen) atoms. The molecule has 100 valence electrons. The van der Waals surface area contributed by atoms with E-state index in [1.807, 2.05) is 26.0 Å². The molecule has 1 heterocycles. The van der Waals surface area contributed by atoms with Crippen molar-refractivity contribution in [1.29, 1.82) is 0 Å². The van der Waals surface area contributed by atoms with Crippen LogP contribution in [0.5, 0.6) is 5.75 Å². The molecule has 0 saturated heterocycles. The number of benzene rings is 1. The Labute approximate surface area is 113 Å². The fourth-order valence-corrected chi connectivity index (χ4v) is 1.96. The number of furan rings is 1. The van der Waals surface area contributed by atoms with Gasteiger partial charge in [-0.2, -0.15) is 0 Å². The summed E-state index contributed by atoms with van der Waals surface area (Å²) in [6.45, 7) is 6.34. The van der Waals surface area contributed by atoms with E-state index < -0.39 is 0 Å². The predicted molar refractivity (Wildman–Crippen MR) is 73.8 cm³/mol. The highest BCUT2D eigenvalue weighted by atomic mass is 16.5. The SMILES string of the molecule is CCCOc1cccc(C(=O)c2cc(C)oc2C)c1. The number of carbonyl (C=O) groups excluding carboxylic acids is 1. The minimum Gasteiger partial charge on any atom is -0.494 e. The van der Waals surface area contributed by atoms with Gasteiger partial charge < -0.3 is 9.15 Å². The Kier molecular flexibility index (Phi) is 4.05. The molecule has 0 amide bonds. The second kappa shape index (κ2) is 5.74. The van der Waals surface area contributed by atoms with Crippen LogP contribution in [0.4, 0.5) is 0 Å². The number of ketones is 1. The van der Waals surface area contributed by atoms with Gasteiger partial charge in [0.15, 0.2) is 5.78 Å². The van der Waals surface area contributed by atoms with Crippen LogP contribution in [0.25, 0.3) is 0 Å². The molecule has 2 aromatic rings. The number of aryl methyl sites for hydroxylation is 2. The quantitative estimate of drug-likeness (QED) is 0.763. The van der Waals surface area contributed by atoms with Crippen LogP contribution in [0.3, 0.4) is 0 Å². The van der Waals surface area contributed by atoms with Crippen LogP contribution >= 0.6 is 0 Å². The van der Waals surface area contributed by atoms with Gasteiger partial charge in [-0.15, -0.1) is 0 Å². The first-order valence-corrected chi connectivity index (χ1v) is 6.46. The fraction of sp³-hybridized carbons (Fsp3) is 0.312. The molecular formula is C16H18O3. The third kappa shape index (κ3) is 3.05. The average molecular weight is 258 g/mol. The third-order valence-corrected chi connectivity index (χ3v) is 2.85. The normalized spacial score (nSPS) is 10.5. The summed E-state index contributed by atoms with van der Waals surface area (Å²) < 4.78 is 10.9. The highest BCUT2D eigenvalue weighted by Crippen LogP contribution is 2.21. The molecule has 0 unspecified atom stereocenters. The van der Waals surface area contributed by atoms with E-state index in [1.54, 1.807) is 25.1 Å². The van der Waals surface area contributed by atoms with Gasteiger partial charge in [-0.3, -0.25) is 4.79 Å². The maximum atomic E-state index is 12.4. The number of rotatable bonds is 5. The van der Waals surface area contributed by atoms with E-state index in [9.17, 15) is 4.79 Å². The van der Waals surface area contributed by atoms with Crippen molar-refractivity contribution in [3.63, 3.8) is 0 Å². The van der Waals surface area contributed by atoms with E-state index in [0.29, 0.717) is 23.5 Å². The highest BCUT2D eigenvalue weighted by Gasteiger charge is 2.15. The Morgan fingerprint density at radius 2 is 2.05 bits per heavy atom. The Hall–Kier alpha value is -2.03. The van der Waals surface area contributed by atoms with Gasteiger partial charge in [-0.25, -0.2) is 0 Å². The summed E-state index contributed by atoms with van der Waals surface area (Å²) in [5, 5.41) is 0. The lowest BCUT2D eigenvalue weighted by atomic mass is 10.0. The molecule has 3 heteroatoms. The summed E-state index contributed by atoms with van der Waals surface area (Å²) in [5.74, 6) is 2.10. The number of ether oxygens (including phenoxy) is 1. The fourth-order valence-electron chi connectivity index (χ4n) is 1.96. The average Bonchev–Trinajstić information content (AvgIpc) is 2.75. The van der Waals surface area contributed by atoms with Crippen molar-refractivity contribution in [3.05, 3.63) is 53.0 Å². The van der Waals surface area contributed by atoms with Crippen LogP contribution in [0, 0.1) is 13.8 Å². The molecule has 3 nitrogen and oxygen atoms in total. The van der Waals surface area contributed by atoms with Gasteiger partial charge in [0.25, 0.3) is 0 Å². The third-order valence-electron chi connectivity index (χ3n) is 2.85. The van der Waals surface area contributed by atoms with Crippen molar-refractivity contribution in [2.24, 2.45) is 0 Å². The lowest BCUT2D eigenvalue weighted by Crippen LogP contribution is -2.02. The molecule has 1 aromatic heterocycles. The molecule has 0 fully saturated rings. The van der Waals surface area contributed by atoms with Gasteiger partial charge in [-0.1, -0.05) is 19.1 Å². The summed E-state index contributed by atoms with van der Waals surface area (Å²) in [4.78, 5) is 12.4. The summed E-state index contributed by atoms with van der Waals surface area (Å²) >= 11 is 0. The zero-order valence-corrected chi connectivity index (χ0v) is 11.5. The predicted octanol–water partition coefficient (Wildman–Crippen LogP) is 3.92. The zero-order valence-electron chi connectivity index (χ0n) is 11.5. The molecule has 0 aliphatic heterocycles. The maximum absolute atomic E-state index is 12.4. The number of carbonyl (C=O) groups is 1. The molecule has 0 spiro atoms. The molecule has 1 aromatic carbocycles. The van der Waals surface area contributed by atoms with Crippen molar-refractivity contribution in [2.75, 3.05) is 6.61 Å². The van der Waals surface area contributed by atoms with Crippen molar-refractivity contribution in [3.8, 4) is 5.75 Å². The van der Waals surface area contributed by atoms with Crippen molar-refractivity contribution in [1.82, 2.24) is 0 Å². The molecule has 0 bridgehead atoms. The topological polar surface area (TPSA) is 39.4 Å². The van der Waals surface area contributed by atoms with Crippen LogP contribution in [0.2, 0.25) is 0 Å². The Balaban J connectivity index is 2.26. The van der Waals surface area contributed by atoms with E-state index >= 15 is 0 Å². The van der Waals surface area contributed by atoms with Crippen molar-refractivity contribution >= 4 is 5.78 Å². The van der Waals surface area contributed by atoms with Crippen LogP contribution in [-0.4, -0.2) is 12.4 Å². The molecular weight excluding hydrogens is 240 g/mol. The smallest absolute Gasteiger partial charge is 0.196 e. The first-order valence-electron chi connectivity index (χ1n) is 6.46. The molecule has 2 rings (SSSR count). The number of hydrogen-bond donors (Lipinski definition) is 0. The summed E-state index contributed by atoms with van der Waals surface area (Å²) in [5.41, 5.74) is 1.24. The molecule has 0 saturated carbocycles. The van der Waals surface area contributed by atoms with Crippen molar-refractivity contribution < 1.29 is 13.9 Å². The lowest BCUT2D eigenvalue weighted by molar-refractivity contribution is 0.103. The standard InChI is InChI=1S/C16H18O3/c1-4-8-18-14-7-5-6-13(10-14)16(17)15-9-11(2)19-12(15)3/h5-7,9-10H,4,8H2,1-3H3. The van der Waals surface area contributed by atoms with E-state index in [0.717, 1.165) is 17.9 Å². The molecule has 0 aliphatic rings. The second-order valence-electron chi connectivity index (χ2n) is 4.53. The van der Waals surface area contributed by atoms with Gasteiger partial charge >= 0.3 is 0 Å². The van der Waals surface area contributed by atoms with Gasteiger partial charge in [-0.05, 0) is 38.5 Å². The summed E-state index contributed by atoms with van der Waals surface area (Å²) in [7, 11) is 0. The zero-order chi connectivity index (χ0) is 13.8. The lowest BCUT2D eigenvalue weighted by Gasteiger charge is -2.06.